The summed E-state index contributed by atoms with van der Waals surface area (Å²) in [6.45, 7) is 7.25. The van der Waals surface area contributed by atoms with Crippen LogP contribution in [0.15, 0.2) is 51.7 Å². The molecular weight excluding hydrogens is 338 g/mol. The van der Waals surface area contributed by atoms with Crippen molar-refractivity contribution in [3.05, 3.63) is 73.7 Å². The first-order chi connectivity index (χ1) is 12.9. The Bertz CT molecular complexity index is 1150. The maximum absolute atomic E-state index is 11.9. The van der Waals surface area contributed by atoms with Gasteiger partial charge in [-0.05, 0) is 34.9 Å². The Morgan fingerprint density at radius 1 is 1.07 bits per heavy atom. The second-order valence-corrected chi connectivity index (χ2v) is 7.76. The minimum Gasteiger partial charge on any atom is -0.504 e. The minimum absolute atomic E-state index is 0.127. The second-order valence-electron chi connectivity index (χ2n) is 7.76. The van der Waals surface area contributed by atoms with Gasteiger partial charge in [0.1, 0.15) is 0 Å². The van der Waals surface area contributed by atoms with Gasteiger partial charge in [0.25, 0.3) is 5.43 Å². The van der Waals surface area contributed by atoms with Crippen LogP contribution in [0.4, 0.5) is 5.69 Å². The van der Waals surface area contributed by atoms with Gasteiger partial charge in [0.05, 0.1) is 5.56 Å². The lowest BCUT2D eigenvalue weighted by Gasteiger charge is -2.27. The van der Waals surface area contributed by atoms with E-state index in [0.717, 1.165) is 30.8 Å². The first-order valence-corrected chi connectivity index (χ1v) is 9.42. The quantitative estimate of drug-likeness (QED) is 0.712. The summed E-state index contributed by atoms with van der Waals surface area (Å²) in [6, 6.07) is 12.6. The van der Waals surface area contributed by atoms with E-state index in [1.54, 1.807) is 6.08 Å². The zero-order valence-corrected chi connectivity index (χ0v) is 15.9. The van der Waals surface area contributed by atoms with Crippen molar-refractivity contribution in [1.82, 2.24) is 0 Å². The van der Waals surface area contributed by atoms with E-state index in [2.05, 4.69) is 49.9 Å². The predicted molar refractivity (Wildman–Crippen MR) is 110 cm³/mol. The molecule has 0 bridgehead atoms. The largest absolute Gasteiger partial charge is 0.504 e. The molecule has 4 nitrogen and oxygen atoms in total. The summed E-state index contributed by atoms with van der Waals surface area (Å²) < 4.78 is 0. The van der Waals surface area contributed by atoms with E-state index in [1.807, 2.05) is 12.1 Å². The molecule has 3 aromatic rings. The molecule has 1 heterocycles. The minimum atomic E-state index is -0.791. The van der Waals surface area contributed by atoms with E-state index in [4.69, 9.17) is 0 Å². The number of allylic oxidation sites excluding steroid dienone is 1. The van der Waals surface area contributed by atoms with Gasteiger partial charge in [-0.15, -0.1) is 0 Å². The summed E-state index contributed by atoms with van der Waals surface area (Å²) in [4.78, 5) is 25.6. The van der Waals surface area contributed by atoms with Crippen LogP contribution in [0.2, 0.25) is 0 Å². The van der Waals surface area contributed by atoms with E-state index in [1.165, 1.54) is 16.3 Å². The molecule has 0 aliphatic carbocycles. The standard InChI is InChI=1S/C23H23NO3/c1-4-5-12-24-17-11-10-14-8-6-7-9-15(14)19(17)23(2,3)18(24)13-16-20(25)22(27)21(16)26/h6-11,13,25H,4-5,12H2,1-3H3/b18-13-. The van der Waals surface area contributed by atoms with Gasteiger partial charge in [0.15, 0.2) is 5.75 Å². The third-order valence-electron chi connectivity index (χ3n) is 5.69. The van der Waals surface area contributed by atoms with E-state index in [9.17, 15) is 14.7 Å². The van der Waals surface area contributed by atoms with Crippen molar-refractivity contribution in [2.45, 2.75) is 39.0 Å². The maximum Gasteiger partial charge on any atom is 0.268 e. The summed E-state index contributed by atoms with van der Waals surface area (Å²) >= 11 is 0. The normalized spacial score (nSPS) is 17.1. The number of nitrogens with zero attached hydrogens (tertiary/aromatic N) is 1. The molecule has 0 amide bonds. The van der Waals surface area contributed by atoms with Gasteiger partial charge in [0.2, 0.25) is 5.43 Å². The average molecular weight is 361 g/mol. The molecular formula is C23H23NO3. The predicted octanol–water partition coefficient (Wildman–Crippen LogP) is 4.08. The molecule has 1 aliphatic heterocycles. The summed E-state index contributed by atoms with van der Waals surface area (Å²) in [7, 11) is 0. The van der Waals surface area contributed by atoms with Gasteiger partial charge < -0.3 is 10.0 Å². The van der Waals surface area contributed by atoms with Crippen LogP contribution in [0, 0.1) is 0 Å². The van der Waals surface area contributed by atoms with Crippen LogP contribution in [0.3, 0.4) is 0 Å². The Balaban J connectivity index is 1.97. The highest BCUT2D eigenvalue weighted by molar-refractivity contribution is 5.95. The number of hydrogen-bond donors (Lipinski definition) is 1. The Kier molecular flexibility index (Phi) is 3.95. The van der Waals surface area contributed by atoms with Gasteiger partial charge in [0, 0.05) is 23.3 Å². The zero-order chi connectivity index (χ0) is 19.3. The van der Waals surface area contributed by atoms with Crippen molar-refractivity contribution in [3.63, 3.8) is 0 Å². The Morgan fingerprint density at radius 3 is 2.52 bits per heavy atom. The monoisotopic (exact) mass is 361 g/mol. The van der Waals surface area contributed by atoms with Crippen LogP contribution < -0.4 is 15.8 Å². The second kappa shape index (κ2) is 6.08. The fourth-order valence-electron chi connectivity index (χ4n) is 4.22. The SMILES string of the molecule is CCCCN1/C(=C\c2c(O)c(=O)c2=O)C(C)(C)c2c1ccc1ccccc21. The molecule has 0 saturated carbocycles. The van der Waals surface area contributed by atoms with Gasteiger partial charge in [-0.2, -0.15) is 0 Å². The smallest absolute Gasteiger partial charge is 0.268 e. The number of rotatable bonds is 4. The van der Waals surface area contributed by atoms with E-state index in [0.29, 0.717) is 0 Å². The Labute approximate surface area is 158 Å². The molecule has 0 aromatic heterocycles. The molecule has 0 fully saturated rings. The molecule has 27 heavy (non-hydrogen) atoms. The lowest BCUT2D eigenvalue weighted by Crippen LogP contribution is -2.34. The third kappa shape index (κ3) is 2.43. The summed E-state index contributed by atoms with van der Waals surface area (Å²) in [5, 5.41) is 12.2. The van der Waals surface area contributed by atoms with Crippen LogP contribution in [0.25, 0.3) is 16.8 Å². The molecule has 4 rings (SSSR count). The summed E-state index contributed by atoms with van der Waals surface area (Å²) in [5.41, 5.74) is 1.69. The number of hydrogen-bond acceptors (Lipinski definition) is 4. The Hall–Kier alpha value is -2.88. The molecule has 1 aliphatic rings. The van der Waals surface area contributed by atoms with Crippen molar-refractivity contribution >= 4 is 22.5 Å². The Morgan fingerprint density at radius 2 is 1.81 bits per heavy atom. The van der Waals surface area contributed by atoms with Crippen molar-refractivity contribution < 1.29 is 5.11 Å². The number of unbranched alkanes of at least 4 members (excludes halogenated alkanes) is 1. The van der Waals surface area contributed by atoms with Crippen LogP contribution in [-0.2, 0) is 5.41 Å². The summed E-state index contributed by atoms with van der Waals surface area (Å²) in [5.74, 6) is -0.417. The summed E-state index contributed by atoms with van der Waals surface area (Å²) in [6.07, 6.45) is 3.78. The zero-order valence-electron chi connectivity index (χ0n) is 15.9. The third-order valence-corrected chi connectivity index (χ3v) is 5.69. The van der Waals surface area contributed by atoms with Crippen LogP contribution in [0.5, 0.6) is 5.75 Å². The number of anilines is 1. The number of benzene rings is 2. The molecule has 0 spiro atoms. The topological polar surface area (TPSA) is 57.6 Å². The highest BCUT2D eigenvalue weighted by Gasteiger charge is 2.41. The van der Waals surface area contributed by atoms with Gasteiger partial charge >= 0.3 is 0 Å². The average Bonchev–Trinajstić information content (AvgIpc) is 2.90. The van der Waals surface area contributed by atoms with Crippen LogP contribution >= 0.6 is 0 Å². The van der Waals surface area contributed by atoms with E-state index < -0.39 is 16.6 Å². The fraction of sp³-hybridized carbons (Fsp3) is 0.304. The van der Waals surface area contributed by atoms with Crippen molar-refractivity contribution in [1.29, 1.82) is 0 Å². The number of aromatic hydroxyl groups is 1. The number of fused-ring (bicyclic) bond motifs is 3. The highest BCUT2D eigenvalue weighted by atomic mass is 16.3. The molecule has 0 unspecified atom stereocenters. The fourth-order valence-corrected chi connectivity index (χ4v) is 4.22. The highest BCUT2D eigenvalue weighted by Crippen LogP contribution is 2.51. The van der Waals surface area contributed by atoms with Gasteiger partial charge in [-0.25, -0.2) is 0 Å². The van der Waals surface area contributed by atoms with E-state index in [-0.39, 0.29) is 11.0 Å². The molecule has 0 radical (unpaired) electrons. The lowest BCUT2D eigenvalue weighted by molar-refractivity contribution is 0.461. The lowest BCUT2D eigenvalue weighted by atomic mass is 9.80. The molecule has 3 aromatic carbocycles. The van der Waals surface area contributed by atoms with Gasteiger partial charge in [-0.1, -0.05) is 57.5 Å². The molecule has 0 atom stereocenters. The maximum atomic E-state index is 11.9. The molecule has 1 N–H and O–H groups in total. The van der Waals surface area contributed by atoms with Crippen LogP contribution in [0.1, 0.15) is 44.7 Å². The van der Waals surface area contributed by atoms with Gasteiger partial charge in [-0.3, -0.25) is 9.59 Å². The molecule has 138 valence electrons. The van der Waals surface area contributed by atoms with E-state index >= 15 is 0 Å². The van der Waals surface area contributed by atoms with Crippen molar-refractivity contribution in [2.24, 2.45) is 0 Å². The molecule has 0 saturated heterocycles. The first kappa shape index (κ1) is 17.5. The molecule has 4 heteroatoms. The van der Waals surface area contributed by atoms with Crippen LogP contribution in [-0.4, -0.2) is 11.7 Å². The first-order valence-electron chi connectivity index (χ1n) is 9.42. The van der Waals surface area contributed by atoms with Crippen molar-refractivity contribution in [3.8, 4) is 5.75 Å². The van der Waals surface area contributed by atoms with Crippen molar-refractivity contribution in [2.75, 3.05) is 11.4 Å².